The molecule has 0 saturated heterocycles. The van der Waals surface area contributed by atoms with E-state index in [0.29, 0.717) is 23.3 Å². The van der Waals surface area contributed by atoms with Gasteiger partial charge >= 0.3 is 0 Å². The van der Waals surface area contributed by atoms with Crippen molar-refractivity contribution in [2.75, 3.05) is 0 Å². The van der Waals surface area contributed by atoms with Crippen LogP contribution in [-0.4, -0.2) is 10.2 Å². The zero-order valence-corrected chi connectivity index (χ0v) is 18.1. The Bertz CT molecular complexity index is 1090. The highest BCUT2D eigenvalue weighted by Gasteiger charge is 2.28. The fourth-order valence-corrected chi connectivity index (χ4v) is 5.20. The van der Waals surface area contributed by atoms with Crippen LogP contribution in [-0.2, 0) is 0 Å². The van der Waals surface area contributed by atoms with Crippen molar-refractivity contribution < 1.29 is 10.2 Å². The molecule has 0 amide bonds. The van der Waals surface area contributed by atoms with Crippen molar-refractivity contribution >= 4 is 0 Å². The maximum Gasteiger partial charge on any atom is 0.126 e. The summed E-state index contributed by atoms with van der Waals surface area (Å²) in [6.45, 7) is 0. The first-order valence-electron chi connectivity index (χ1n) is 11.5. The van der Waals surface area contributed by atoms with Gasteiger partial charge in [-0.15, -0.1) is 0 Å². The number of phenols is 2. The molecule has 0 aromatic heterocycles. The van der Waals surface area contributed by atoms with Crippen molar-refractivity contribution in [2.45, 2.75) is 37.5 Å². The van der Waals surface area contributed by atoms with Crippen molar-refractivity contribution in [2.24, 2.45) is 0 Å². The Labute approximate surface area is 189 Å². The van der Waals surface area contributed by atoms with Crippen molar-refractivity contribution in [3.63, 3.8) is 0 Å². The lowest BCUT2D eigenvalue weighted by Gasteiger charge is -2.30. The van der Waals surface area contributed by atoms with Gasteiger partial charge in [-0.05, 0) is 59.8 Å². The molecule has 0 radical (unpaired) electrons. The molecule has 0 spiro atoms. The van der Waals surface area contributed by atoms with Crippen LogP contribution in [0.3, 0.4) is 0 Å². The molecule has 2 heteroatoms. The largest absolute Gasteiger partial charge is 0.507 e. The van der Waals surface area contributed by atoms with Crippen LogP contribution < -0.4 is 0 Å². The van der Waals surface area contributed by atoms with E-state index in [1.807, 2.05) is 72.8 Å². The third kappa shape index (κ3) is 3.89. The number of hydrogen-bond donors (Lipinski definition) is 2. The fourth-order valence-electron chi connectivity index (χ4n) is 5.20. The maximum atomic E-state index is 11.0. The minimum absolute atomic E-state index is 0.342. The molecule has 4 aromatic rings. The number of aromatic hydroxyl groups is 2. The zero-order chi connectivity index (χ0) is 21.9. The topological polar surface area (TPSA) is 40.5 Å². The van der Waals surface area contributed by atoms with Gasteiger partial charge in [0.15, 0.2) is 0 Å². The monoisotopic (exact) mass is 420 g/mol. The molecule has 1 saturated carbocycles. The molecule has 0 aliphatic heterocycles. The van der Waals surface area contributed by atoms with Gasteiger partial charge in [0.25, 0.3) is 0 Å². The van der Waals surface area contributed by atoms with Gasteiger partial charge in [0.2, 0.25) is 0 Å². The first-order chi connectivity index (χ1) is 15.7. The predicted octanol–water partition coefficient (Wildman–Crippen LogP) is 7.87. The van der Waals surface area contributed by atoms with Crippen LogP contribution in [0.1, 0.15) is 48.6 Å². The normalized spacial score (nSPS) is 18.4. The highest BCUT2D eigenvalue weighted by atomic mass is 16.3. The average molecular weight is 421 g/mol. The molecule has 2 N–H and O–H groups in total. The number of benzene rings is 4. The van der Waals surface area contributed by atoms with E-state index in [9.17, 15) is 10.2 Å². The standard InChI is InChI=1S/C30H28O2/c31-29-25(21-9-3-1-4-10-21)13-7-15-27(29)23-17-19-24(20-18-23)28-16-8-14-26(30(28)32)22-11-5-2-6-12-22/h1-16,23-24,31-32H,17-20H2. The summed E-state index contributed by atoms with van der Waals surface area (Å²) in [6, 6.07) is 32.4. The number of rotatable bonds is 4. The molecule has 5 rings (SSSR count). The quantitative estimate of drug-likeness (QED) is 0.352. The van der Waals surface area contributed by atoms with E-state index in [-0.39, 0.29) is 0 Å². The molecule has 1 fully saturated rings. The van der Waals surface area contributed by atoms with Crippen molar-refractivity contribution in [3.05, 3.63) is 108 Å². The molecule has 2 nitrogen and oxygen atoms in total. The Hall–Kier alpha value is -3.52. The van der Waals surface area contributed by atoms with Crippen LogP contribution in [0.2, 0.25) is 0 Å². The van der Waals surface area contributed by atoms with E-state index in [0.717, 1.165) is 59.1 Å². The van der Waals surface area contributed by atoms with Crippen LogP contribution in [0.25, 0.3) is 22.3 Å². The molecule has 0 heterocycles. The molecule has 0 atom stereocenters. The molecular weight excluding hydrogens is 392 g/mol. The summed E-state index contributed by atoms with van der Waals surface area (Å²) in [7, 11) is 0. The Morgan fingerprint density at radius 1 is 0.438 bits per heavy atom. The summed E-state index contributed by atoms with van der Waals surface area (Å²) in [4.78, 5) is 0. The summed E-state index contributed by atoms with van der Waals surface area (Å²) >= 11 is 0. The van der Waals surface area contributed by atoms with Gasteiger partial charge in [0.1, 0.15) is 11.5 Å². The Morgan fingerprint density at radius 3 is 1.19 bits per heavy atom. The second kappa shape index (κ2) is 8.92. The van der Waals surface area contributed by atoms with E-state index in [1.165, 1.54) is 0 Å². The summed E-state index contributed by atoms with van der Waals surface area (Å²) in [5.74, 6) is 1.51. The summed E-state index contributed by atoms with van der Waals surface area (Å²) in [5.41, 5.74) is 5.99. The van der Waals surface area contributed by atoms with E-state index < -0.39 is 0 Å². The van der Waals surface area contributed by atoms with E-state index in [1.54, 1.807) is 0 Å². The molecule has 1 aliphatic rings. The van der Waals surface area contributed by atoms with Crippen LogP contribution in [0.15, 0.2) is 97.1 Å². The first-order valence-corrected chi connectivity index (χ1v) is 11.5. The lowest BCUT2D eigenvalue weighted by molar-refractivity contribution is 0.372. The van der Waals surface area contributed by atoms with Gasteiger partial charge in [0.05, 0.1) is 0 Å². The van der Waals surface area contributed by atoms with Crippen LogP contribution in [0.4, 0.5) is 0 Å². The lowest BCUT2D eigenvalue weighted by atomic mass is 9.75. The lowest BCUT2D eigenvalue weighted by Crippen LogP contribution is -2.12. The van der Waals surface area contributed by atoms with Crippen LogP contribution >= 0.6 is 0 Å². The zero-order valence-electron chi connectivity index (χ0n) is 18.1. The van der Waals surface area contributed by atoms with Gasteiger partial charge in [-0.1, -0.05) is 97.1 Å². The minimum atomic E-state index is 0.342. The van der Waals surface area contributed by atoms with Crippen molar-refractivity contribution in [1.29, 1.82) is 0 Å². The highest BCUT2D eigenvalue weighted by molar-refractivity contribution is 5.73. The SMILES string of the molecule is Oc1c(-c2ccccc2)cccc1C1CCC(c2cccc(-c3ccccc3)c2O)CC1. The number of hydrogen-bond acceptors (Lipinski definition) is 2. The summed E-state index contributed by atoms with van der Waals surface area (Å²) in [5, 5.41) is 22.1. The van der Waals surface area contributed by atoms with E-state index in [2.05, 4.69) is 24.3 Å². The van der Waals surface area contributed by atoms with E-state index >= 15 is 0 Å². The van der Waals surface area contributed by atoms with Crippen molar-refractivity contribution in [3.8, 4) is 33.8 Å². The van der Waals surface area contributed by atoms with Crippen molar-refractivity contribution in [1.82, 2.24) is 0 Å². The van der Waals surface area contributed by atoms with Gasteiger partial charge in [-0.3, -0.25) is 0 Å². The van der Waals surface area contributed by atoms with Crippen LogP contribution in [0, 0.1) is 0 Å². The van der Waals surface area contributed by atoms with Gasteiger partial charge in [-0.25, -0.2) is 0 Å². The minimum Gasteiger partial charge on any atom is -0.507 e. The second-order valence-corrected chi connectivity index (χ2v) is 8.77. The molecule has 1 aliphatic carbocycles. The third-order valence-corrected chi connectivity index (χ3v) is 6.91. The molecule has 0 unspecified atom stereocenters. The van der Waals surface area contributed by atoms with E-state index in [4.69, 9.17) is 0 Å². The average Bonchev–Trinajstić information content (AvgIpc) is 2.86. The molecule has 32 heavy (non-hydrogen) atoms. The van der Waals surface area contributed by atoms with Gasteiger partial charge in [0, 0.05) is 11.1 Å². The Balaban J connectivity index is 1.36. The Kier molecular flexibility index (Phi) is 5.68. The first kappa shape index (κ1) is 20.4. The maximum absolute atomic E-state index is 11.0. The highest BCUT2D eigenvalue weighted by Crippen LogP contribution is 2.47. The summed E-state index contributed by atoms with van der Waals surface area (Å²) in [6.07, 6.45) is 4.02. The number of para-hydroxylation sites is 2. The molecule has 4 aromatic carbocycles. The van der Waals surface area contributed by atoms with Gasteiger partial charge < -0.3 is 10.2 Å². The number of phenolic OH excluding ortho intramolecular Hbond substituents is 2. The Morgan fingerprint density at radius 2 is 0.812 bits per heavy atom. The smallest absolute Gasteiger partial charge is 0.126 e. The molecule has 160 valence electrons. The third-order valence-electron chi connectivity index (χ3n) is 6.91. The van der Waals surface area contributed by atoms with Gasteiger partial charge in [-0.2, -0.15) is 0 Å². The predicted molar refractivity (Wildman–Crippen MR) is 131 cm³/mol. The molecular formula is C30H28O2. The fraction of sp³-hybridized carbons (Fsp3) is 0.200. The summed E-state index contributed by atoms with van der Waals surface area (Å²) < 4.78 is 0. The second-order valence-electron chi connectivity index (χ2n) is 8.77. The molecule has 0 bridgehead atoms. The van der Waals surface area contributed by atoms with Crippen LogP contribution in [0.5, 0.6) is 11.5 Å².